The zero-order valence-corrected chi connectivity index (χ0v) is 18.3. The van der Waals surface area contributed by atoms with Crippen molar-refractivity contribution in [2.24, 2.45) is 0 Å². The molecule has 0 spiro atoms. The molecule has 3 rings (SSSR count). The van der Waals surface area contributed by atoms with Crippen molar-refractivity contribution >= 4 is 41.5 Å². The topological polar surface area (TPSA) is 123 Å². The van der Waals surface area contributed by atoms with Crippen LogP contribution in [0.4, 0.5) is 16.4 Å². The molecule has 0 aromatic carbocycles. The van der Waals surface area contributed by atoms with Crippen molar-refractivity contribution in [3.63, 3.8) is 0 Å². The molecule has 32 heavy (non-hydrogen) atoms. The minimum Gasteiger partial charge on any atom is -0.359 e. The lowest BCUT2D eigenvalue weighted by atomic mass is 10.1. The van der Waals surface area contributed by atoms with Crippen molar-refractivity contribution in [2.45, 2.75) is 6.54 Å². The monoisotopic (exact) mass is 453 g/mol. The van der Waals surface area contributed by atoms with Gasteiger partial charge in [-0.05, 0) is 13.1 Å². The first-order valence-electron chi connectivity index (χ1n) is 9.59. The summed E-state index contributed by atoms with van der Waals surface area (Å²) in [4.78, 5) is 48.9. The minimum atomic E-state index is -0.555. The molecule has 0 bridgehead atoms. The molecule has 2 amide bonds. The van der Waals surface area contributed by atoms with Gasteiger partial charge in [-0.2, -0.15) is 5.26 Å². The molecule has 0 saturated carbocycles. The quantitative estimate of drug-likeness (QED) is 0.538. The number of hydrogen-bond acceptors (Lipinski definition) is 8. The summed E-state index contributed by atoms with van der Waals surface area (Å²) < 4.78 is 0. The molecule has 164 valence electrons. The van der Waals surface area contributed by atoms with E-state index in [1.54, 1.807) is 12.1 Å². The number of carbonyl (C=O) groups excluding carboxylic acids is 3. The maximum absolute atomic E-state index is 12.6. The van der Waals surface area contributed by atoms with Crippen molar-refractivity contribution in [1.82, 2.24) is 19.8 Å². The molecule has 0 unspecified atom stereocenters. The molecule has 1 aliphatic heterocycles. The number of pyridine rings is 2. The molecular weight excluding hydrogens is 434 g/mol. The second-order valence-corrected chi connectivity index (χ2v) is 7.60. The summed E-state index contributed by atoms with van der Waals surface area (Å²) >= 11 is 5.96. The van der Waals surface area contributed by atoms with Crippen molar-refractivity contribution in [1.29, 1.82) is 5.26 Å². The summed E-state index contributed by atoms with van der Waals surface area (Å²) in [5, 5.41) is 11.6. The number of halogens is 1. The van der Waals surface area contributed by atoms with Gasteiger partial charge in [0, 0.05) is 51.1 Å². The van der Waals surface area contributed by atoms with Gasteiger partial charge in [0.2, 0.25) is 0 Å². The van der Waals surface area contributed by atoms with Gasteiger partial charge in [-0.15, -0.1) is 0 Å². The van der Waals surface area contributed by atoms with Crippen LogP contribution in [0.1, 0.15) is 21.6 Å². The minimum absolute atomic E-state index is 0.166. The van der Waals surface area contributed by atoms with E-state index in [2.05, 4.69) is 15.3 Å². The first-order valence-corrected chi connectivity index (χ1v) is 9.97. The Morgan fingerprint density at radius 3 is 2.84 bits per heavy atom. The number of piperazine rings is 1. The zero-order valence-electron chi connectivity index (χ0n) is 17.5. The maximum Gasteiger partial charge on any atom is 0.328 e. The fraction of sp³-hybridized carbons (Fsp3) is 0.286. The van der Waals surface area contributed by atoms with Gasteiger partial charge in [0.1, 0.15) is 35.0 Å². The summed E-state index contributed by atoms with van der Waals surface area (Å²) in [6.45, 7) is 2.23. The van der Waals surface area contributed by atoms with Gasteiger partial charge >= 0.3 is 6.03 Å². The predicted molar refractivity (Wildman–Crippen MR) is 118 cm³/mol. The van der Waals surface area contributed by atoms with Crippen LogP contribution in [0.25, 0.3) is 0 Å². The van der Waals surface area contributed by atoms with Gasteiger partial charge in [0.25, 0.3) is 0 Å². The van der Waals surface area contributed by atoms with E-state index in [9.17, 15) is 14.4 Å². The molecule has 0 radical (unpaired) electrons. The van der Waals surface area contributed by atoms with Crippen LogP contribution in [0.2, 0.25) is 5.02 Å². The van der Waals surface area contributed by atoms with E-state index in [1.807, 2.05) is 28.9 Å². The van der Waals surface area contributed by atoms with E-state index >= 15 is 0 Å². The molecule has 1 aliphatic rings. The van der Waals surface area contributed by atoms with Gasteiger partial charge in [-0.25, -0.2) is 19.6 Å². The highest BCUT2D eigenvalue weighted by atomic mass is 35.5. The molecule has 1 fully saturated rings. The first-order chi connectivity index (χ1) is 15.4. The van der Waals surface area contributed by atoms with Crippen LogP contribution in [-0.2, 0) is 11.3 Å². The van der Waals surface area contributed by atoms with Crippen molar-refractivity contribution in [2.75, 3.05) is 43.9 Å². The number of nitriles is 1. The lowest BCUT2D eigenvalue weighted by Crippen LogP contribution is -2.42. The van der Waals surface area contributed by atoms with E-state index < -0.39 is 6.03 Å². The Labute approximate surface area is 189 Å². The molecular formula is C21H20ClN7O3. The number of urea groups is 1. The van der Waals surface area contributed by atoms with Crippen LogP contribution in [0.3, 0.4) is 0 Å². The van der Waals surface area contributed by atoms with E-state index in [1.165, 1.54) is 24.2 Å². The number of hydrogen-bond donors (Lipinski definition) is 1. The first kappa shape index (κ1) is 22.9. The zero-order chi connectivity index (χ0) is 23.3. The third-order valence-corrected chi connectivity index (χ3v) is 5.31. The molecule has 11 heteroatoms. The molecule has 10 nitrogen and oxygen atoms in total. The van der Waals surface area contributed by atoms with E-state index in [-0.39, 0.29) is 27.9 Å². The fourth-order valence-corrected chi connectivity index (χ4v) is 3.33. The number of nitrogens with zero attached hydrogens (tertiary/aromatic N) is 6. The number of nitrogens with one attached hydrogen (secondary N) is 1. The second-order valence-electron chi connectivity index (χ2n) is 7.19. The van der Waals surface area contributed by atoms with Crippen LogP contribution >= 0.6 is 11.6 Å². The Morgan fingerprint density at radius 1 is 1.41 bits per heavy atom. The number of aldehydes is 1. The van der Waals surface area contributed by atoms with Gasteiger partial charge in [-0.3, -0.25) is 19.9 Å². The lowest BCUT2D eigenvalue weighted by molar-refractivity contribution is 0.111. The molecule has 2 aromatic heterocycles. The Bertz CT molecular complexity index is 1140. The molecule has 0 aliphatic carbocycles. The number of rotatable bonds is 5. The normalized spacial score (nSPS) is 13.8. The largest absolute Gasteiger partial charge is 0.359 e. The van der Waals surface area contributed by atoms with Gasteiger partial charge < -0.3 is 4.90 Å². The molecule has 1 saturated heterocycles. The Morgan fingerprint density at radius 2 is 2.19 bits per heavy atom. The summed E-state index contributed by atoms with van der Waals surface area (Å²) in [6, 6.07) is 6.02. The summed E-state index contributed by atoms with van der Waals surface area (Å²) in [5.41, 5.74) is 1.52. The Hall–Kier alpha value is -3.77. The van der Waals surface area contributed by atoms with Crippen molar-refractivity contribution < 1.29 is 14.4 Å². The van der Waals surface area contributed by atoms with E-state index in [0.717, 1.165) is 6.54 Å². The third kappa shape index (κ3) is 5.10. The smallest absolute Gasteiger partial charge is 0.328 e. The lowest BCUT2D eigenvalue weighted by Gasteiger charge is -2.34. The Kier molecular flexibility index (Phi) is 7.18. The van der Waals surface area contributed by atoms with Crippen LogP contribution in [0.15, 0.2) is 30.1 Å². The molecule has 1 N–H and O–H groups in total. The fourth-order valence-electron chi connectivity index (χ4n) is 3.13. The van der Waals surface area contributed by atoms with Crippen LogP contribution in [-0.4, -0.2) is 71.8 Å². The second kappa shape index (κ2) is 10.0. The van der Waals surface area contributed by atoms with E-state index in [0.29, 0.717) is 37.2 Å². The highest BCUT2D eigenvalue weighted by Gasteiger charge is 2.22. The molecule has 3 heterocycles. The highest BCUT2D eigenvalue weighted by Crippen LogP contribution is 2.21. The average molecular weight is 454 g/mol. The van der Waals surface area contributed by atoms with Gasteiger partial charge in [0.05, 0.1) is 10.6 Å². The average Bonchev–Trinajstić information content (AvgIpc) is 2.80. The number of likely N-dealkylation sites (N-methyl/N-ethyl adjacent to an activating group) is 1. The number of amides is 2. The summed E-state index contributed by atoms with van der Waals surface area (Å²) in [7, 11) is 3.41. The maximum atomic E-state index is 12.6. The molecule has 0 atom stereocenters. The van der Waals surface area contributed by atoms with Crippen LogP contribution in [0.5, 0.6) is 0 Å². The number of aromatic nitrogens is 2. The van der Waals surface area contributed by atoms with Gasteiger partial charge in [0.15, 0.2) is 6.29 Å². The predicted octanol–water partition coefficient (Wildman–Crippen LogP) is 1.95. The standard InChI is InChI=1S/C21H20ClN7O3/c1-27-5-6-29(16(11-27)12-30)10-14-3-4-20(25-18(14)13-31)28(2)21(32)26-19-7-17(22)15(8-23)9-24-19/h3-4,7,9,13H,5-6,10-11H2,1-2H3,(H,24,26,32). The van der Waals surface area contributed by atoms with Crippen LogP contribution in [0, 0.1) is 11.3 Å². The Balaban J connectivity index is 1.75. The highest BCUT2D eigenvalue weighted by molar-refractivity contribution is 6.32. The van der Waals surface area contributed by atoms with Gasteiger partial charge in [-0.1, -0.05) is 17.7 Å². The van der Waals surface area contributed by atoms with Crippen molar-refractivity contribution in [3.05, 3.63) is 51.9 Å². The third-order valence-electron chi connectivity index (χ3n) is 5.00. The van der Waals surface area contributed by atoms with E-state index in [4.69, 9.17) is 16.9 Å². The summed E-state index contributed by atoms with van der Waals surface area (Å²) in [6.07, 6.45) is 1.88. The molecule has 2 aromatic rings. The van der Waals surface area contributed by atoms with Crippen molar-refractivity contribution in [3.8, 4) is 6.07 Å². The number of anilines is 2. The van der Waals surface area contributed by atoms with Crippen LogP contribution < -0.4 is 10.2 Å². The number of carbonyl (C=O) groups is 2. The SMILES string of the molecule is CN1CCN(Cc2ccc(N(C)C(=O)Nc3cc(Cl)c(C#N)cn3)nc2C=O)C(=C=O)C1. The summed E-state index contributed by atoms with van der Waals surface area (Å²) in [5.74, 6) is 2.38.